The lowest BCUT2D eigenvalue weighted by Gasteiger charge is -2.23. The Morgan fingerprint density at radius 2 is 2.05 bits per heavy atom. The van der Waals surface area contributed by atoms with Crippen LogP contribution in [0, 0.1) is 5.92 Å². The van der Waals surface area contributed by atoms with E-state index in [1.54, 1.807) is 17.0 Å². The number of hydrogen-bond donors (Lipinski definition) is 1. The topological polar surface area (TPSA) is 66.5 Å². The van der Waals surface area contributed by atoms with Crippen molar-refractivity contribution in [3.63, 3.8) is 0 Å². The normalized spacial score (nSPS) is 15.1. The van der Waals surface area contributed by atoms with Crippen LogP contribution >= 0.6 is 0 Å². The Kier molecular flexibility index (Phi) is 5.24. The van der Waals surface area contributed by atoms with Crippen molar-refractivity contribution in [3.05, 3.63) is 29.8 Å². The molecule has 122 valence electrons. The molecule has 6 heteroatoms. The highest BCUT2D eigenvalue weighted by atomic mass is 32.2. The van der Waals surface area contributed by atoms with Gasteiger partial charge in [0.25, 0.3) is 5.91 Å². The lowest BCUT2D eigenvalue weighted by Crippen LogP contribution is -2.34. The maximum absolute atomic E-state index is 12.5. The molecule has 22 heavy (non-hydrogen) atoms. The van der Waals surface area contributed by atoms with Crippen molar-refractivity contribution < 1.29 is 13.2 Å². The third-order valence-corrected chi connectivity index (χ3v) is 5.06. The molecule has 0 saturated heterocycles. The molecule has 0 radical (unpaired) electrons. The van der Waals surface area contributed by atoms with E-state index in [1.165, 1.54) is 12.1 Å². The van der Waals surface area contributed by atoms with E-state index in [0.29, 0.717) is 24.6 Å². The van der Waals surface area contributed by atoms with Gasteiger partial charge in [-0.25, -0.2) is 13.1 Å². The molecule has 1 aromatic carbocycles. The first-order valence-corrected chi connectivity index (χ1v) is 9.23. The lowest BCUT2D eigenvalue weighted by molar-refractivity contribution is 0.0745. The Morgan fingerprint density at radius 3 is 2.59 bits per heavy atom. The summed E-state index contributed by atoms with van der Waals surface area (Å²) in [6.07, 6.45) is 1.77. The molecule has 0 spiro atoms. The predicted molar refractivity (Wildman–Crippen MR) is 86.2 cm³/mol. The highest BCUT2D eigenvalue weighted by Gasteiger charge is 2.28. The molecule has 5 nitrogen and oxygen atoms in total. The van der Waals surface area contributed by atoms with Gasteiger partial charge in [0.1, 0.15) is 0 Å². The fraction of sp³-hybridized carbons (Fsp3) is 0.562. The molecule has 1 aromatic rings. The quantitative estimate of drug-likeness (QED) is 0.836. The molecule has 1 aliphatic carbocycles. The van der Waals surface area contributed by atoms with E-state index >= 15 is 0 Å². The first kappa shape index (κ1) is 17.0. The first-order chi connectivity index (χ1) is 10.3. The van der Waals surface area contributed by atoms with Gasteiger partial charge in [-0.15, -0.1) is 0 Å². The summed E-state index contributed by atoms with van der Waals surface area (Å²) in [4.78, 5) is 14.4. The molecule has 0 heterocycles. The standard InChI is InChI=1S/C16H24N2O3S/c1-4-18(11-12(2)3)16(19)13-6-5-7-15(10-13)22(20,21)17-14-8-9-14/h5-7,10,12,14,17H,4,8-9,11H2,1-3H3. The van der Waals surface area contributed by atoms with Gasteiger partial charge in [0, 0.05) is 24.7 Å². The third-order valence-electron chi connectivity index (χ3n) is 3.54. The zero-order valence-corrected chi connectivity index (χ0v) is 14.2. The van der Waals surface area contributed by atoms with Gasteiger partial charge in [0.05, 0.1) is 4.90 Å². The second kappa shape index (κ2) is 6.79. The number of amides is 1. The van der Waals surface area contributed by atoms with Gasteiger partial charge in [0.15, 0.2) is 0 Å². The van der Waals surface area contributed by atoms with Crippen LogP contribution in [0.2, 0.25) is 0 Å². The lowest BCUT2D eigenvalue weighted by atomic mass is 10.1. The molecule has 0 unspecified atom stereocenters. The Labute approximate surface area is 132 Å². The molecule has 1 amide bonds. The molecular formula is C16H24N2O3S. The highest BCUT2D eigenvalue weighted by molar-refractivity contribution is 7.89. The molecule has 0 aromatic heterocycles. The number of nitrogens with one attached hydrogen (secondary N) is 1. The summed E-state index contributed by atoms with van der Waals surface area (Å²) in [6, 6.07) is 6.34. The second-order valence-electron chi connectivity index (χ2n) is 6.16. The van der Waals surface area contributed by atoms with E-state index in [0.717, 1.165) is 12.8 Å². The van der Waals surface area contributed by atoms with Gasteiger partial charge in [0.2, 0.25) is 10.0 Å². The number of nitrogens with zero attached hydrogens (tertiary/aromatic N) is 1. The van der Waals surface area contributed by atoms with Crippen LogP contribution in [0.4, 0.5) is 0 Å². The molecule has 0 bridgehead atoms. The summed E-state index contributed by atoms with van der Waals surface area (Å²) >= 11 is 0. The van der Waals surface area contributed by atoms with Gasteiger partial charge in [-0.3, -0.25) is 4.79 Å². The number of carbonyl (C=O) groups excluding carboxylic acids is 1. The summed E-state index contributed by atoms with van der Waals surface area (Å²) in [5, 5.41) is 0. The fourth-order valence-corrected chi connectivity index (χ4v) is 3.61. The van der Waals surface area contributed by atoms with E-state index < -0.39 is 10.0 Å². The van der Waals surface area contributed by atoms with Crippen LogP contribution in [0.3, 0.4) is 0 Å². The molecule has 1 saturated carbocycles. The van der Waals surface area contributed by atoms with Gasteiger partial charge in [-0.2, -0.15) is 0 Å². The van der Waals surface area contributed by atoms with Crippen LogP contribution in [0.15, 0.2) is 29.2 Å². The Bertz CT molecular complexity index is 637. The Morgan fingerprint density at radius 1 is 1.36 bits per heavy atom. The van der Waals surface area contributed by atoms with Gasteiger partial charge >= 0.3 is 0 Å². The molecule has 0 atom stereocenters. The molecule has 1 aliphatic rings. The van der Waals surface area contributed by atoms with Crippen molar-refractivity contribution in [1.82, 2.24) is 9.62 Å². The average Bonchev–Trinajstić information content (AvgIpc) is 3.27. The SMILES string of the molecule is CCN(CC(C)C)C(=O)c1cccc(S(=O)(=O)NC2CC2)c1. The van der Waals surface area contributed by atoms with Crippen LogP contribution in [0.25, 0.3) is 0 Å². The number of hydrogen-bond acceptors (Lipinski definition) is 3. The van der Waals surface area contributed by atoms with Crippen molar-refractivity contribution >= 4 is 15.9 Å². The maximum Gasteiger partial charge on any atom is 0.253 e. The zero-order chi connectivity index (χ0) is 16.3. The maximum atomic E-state index is 12.5. The van der Waals surface area contributed by atoms with Crippen molar-refractivity contribution in [2.45, 2.75) is 44.6 Å². The Hall–Kier alpha value is -1.40. The molecule has 1 N–H and O–H groups in total. The van der Waals surface area contributed by atoms with E-state index in [1.807, 2.05) is 6.92 Å². The van der Waals surface area contributed by atoms with E-state index in [2.05, 4.69) is 18.6 Å². The third kappa shape index (κ3) is 4.30. The minimum Gasteiger partial charge on any atom is -0.339 e. The van der Waals surface area contributed by atoms with Crippen LogP contribution in [0.5, 0.6) is 0 Å². The molecule has 0 aliphatic heterocycles. The summed E-state index contributed by atoms with van der Waals surface area (Å²) in [6.45, 7) is 7.29. The summed E-state index contributed by atoms with van der Waals surface area (Å²) in [5.41, 5.74) is 0.418. The van der Waals surface area contributed by atoms with Crippen LogP contribution < -0.4 is 4.72 Å². The molecular weight excluding hydrogens is 300 g/mol. The van der Waals surface area contributed by atoms with Crippen molar-refractivity contribution in [2.75, 3.05) is 13.1 Å². The largest absolute Gasteiger partial charge is 0.339 e. The second-order valence-corrected chi connectivity index (χ2v) is 7.88. The number of carbonyl (C=O) groups is 1. The minimum absolute atomic E-state index is 0.0532. The first-order valence-electron chi connectivity index (χ1n) is 7.75. The predicted octanol–water partition coefficient (Wildman–Crippen LogP) is 2.25. The summed E-state index contributed by atoms with van der Waals surface area (Å²) < 4.78 is 27.1. The Balaban J connectivity index is 2.21. The van der Waals surface area contributed by atoms with E-state index in [9.17, 15) is 13.2 Å². The van der Waals surface area contributed by atoms with Crippen LogP contribution in [-0.4, -0.2) is 38.4 Å². The van der Waals surface area contributed by atoms with E-state index in [-0.39, 0.29) is 16.8 Å². The number of benzene rings is 1. The minimum atomic E-state index is -3.53. The molecule has 2 rings (SSSR count). The van der Waals surface area contributed by atoms with Crippen LogP contribution in [0.1, 0.15) is 44.0 Å². The van der Waals surface area contributed by atoms with Crippen molar-refractivity contribution in [3.8, 4) is 0 Å². The van der Waals surface area contributed by atoms with Crippen LogP contribution in [-0.2, 0) is 10.0 Å². The summed E-state index contributed by atoms with van der Waals surface area (Å²) in [7, 11) is -3.53. The number of rotatable bonds is 7. The number of sulfonamides is 1. The van der Waals surface area contributed by atoms with Gasteiger partial charge in [-0.05, 0) is 43.9 Å². The van der Waals surface area contributed by atoms with Crippen molar-refractivity contribution in [2.24, 2.45) is 5.92 Å². The smallest absolute Gasteiger partial charge is 0.253 e. The average molecular weight is 324 g/mol. The molecule has 1 fully saturated rings. The van der Waals surface area contributed by atoms with Gasteiger partial charge in [-0.1, -0.05) is 19.9 Å². The van der Waals surface area contributed by atoms with Gasteiger partial charge < -0.3 is 4.90 Å². The fourth-order valence-electron chi connectivity index (χ4n) is 2.26. The van der Waals surface area contributed by atoms with Crippen molar-refractivity contribution in [1.29, 1.82) is 0 Å². The summed E-state index contributed by atoms with van der Waals surface area (Å²) in [5.74, 6) is 0.243. The zero-order valence-electron chi connectivity index (χ0n) is 13.4. The monoisotopic (exact) mass is 324 g/mol. The highest BCUT2D eigenvalue weighted by Crippen LogP contribution is 2.22. The van der Waals surface area contributed by atoms with E-state index in [4.69, 9.17) is 0 Å².